The van der Waals surface area contributed by atoms with Gasteiger partial charge in [0.25, 0.3) is 11.8 Å². The van der Waals surface area contributed by atoms with Gasteiger partial charge in [0.2, 0.25) is 0 Å². The van der Waals surface area contributed by atoms with E-state index in [-0.39, 0.29) is 23.0 Å². The Labute approximate surface area is 189 Å². The summed E-state index contributed by atoms with van der Waals surface area (Å²) in [6, 6.07) is 14.1. The summed E-state index contributed by atoms with van der Waals surface area (Å²) in [4.78, 5) is 24.8. The predicted octanol–water partition coefficient (Wildman–Crippen LogP) is 4.77. The molecule has 7 heteroatoms. The second-order valence-electron chi connectivity index (χ2n) is 7.80. The van der Waals surface area contributed by atoms with Crippen molar-refractivity contribution >= 4 is 34.8 Å². The number of anilines is 1. The van der Waals surface area contributed by atoms with Crippen LogP contribution in [0.4, 0.5) is 5.69 Å². The van der Waals surface area contributed by atoms with Gasteiger partial charge < -0.3 is 15.4 Å². The Bertz CT molecular complexity index is 897. The average Bonchev–Trinajstić information content (AvgIpc) is 2.74. The van der Waals surface area contributed by atoms with Crippen molar-refractivity contribution < 1.29 is 14.3 Å². The minimum atomic E-state index is -0.345. The lowest BCUT2D eigenvalue weighted by atomic mass is 10.1. The number of rotatable bonds is 9. The van der Waals surface area contributed by atoms with Crippen molar-refractivity contribution in [3.63, 3.8) is 0 Å². The quantitative estimate of drug-likeness (QED) is 0.489. The molecule has 0 aliphatic heterocycles. The fraction of sp³-hybridized carbons (Fsp3) is 0.375. The van der Waals surface area contributed by atoms with Crippen LogP contribution in [-0.4, -0.2) is 29.6 Å². The molecule has 6 nitrogen and oxygen atoms in total. The molecule has 2 aromatic rings. The number of ether oxygens (including phenoxy) is 1. The summed E-state index contributed by atoms with van der Waals surface area (Å²) >= 11 is 5.27. The number of carbonyl (C=O) groups excluding carboxylic acids is 2. The van der Waals surface area contributed by atoms with Crippen molar-refractivity contribution in [1.82, 2.24) is 10.6 Å². The molecule has 0 heterocycles. The molecule has 1 unspecified atom stereocenters. The molecule has 0 aliphatic carbocycles. The highest BCUT2D eigenvalue weighted by Gasteiger charge is 2.14. The van der Waals surface area contributed by atoms with E-state index in [4.69, 9.17) is 17.0 Å². The topological polar surface area (TPSA) is 79.5 Å². The molecule has 2 aromatic carbocycles. The summed E-state index contributed by atoms with van der Waals surface area (Å²) in [5.74, 6) is 0.582. The third kappa shape index (κ3) is 8.02. The average molecular weight is 442 g/mol. The maximum Gasteiger partial charge on any atom is 0.261 e. The fourth-order valence-corrected chi connectivity index (χ4v) is 2.84. The number of nitrogens with one attached hydrogen (secondary N) is 3. The van der Waals surface area contributed by atoms with Gasteiger partial charge in [-0.15, -0.1) is 0 Å². The normalized spacial score (nSPS) is 11.5. The molecule has 3 N–H and O–H groups in total. The molecule has 31 heavy (non-hydrogen) atoms. The highest BCUT2D eigenvalue weighted by molar-refractivity contribution is 7.80. The van der Waals surface area contributed by atoms with Crippen molar-refractivity contribution in [3.05, 3.63) is 59.7 Å². The lowest BCUT2D eigenvalue weighted by Gasteiger charge is -2.14. The van der Waals surface area contributed by atoms with E-state index in [1.807, 2.05) is 19.9 Å². The van der Waals surface area contributed by atoms with Crippen LogP contribution in [0, 0.1) is 5.92 Å². The zero-order valence-corrected chi connectivity index (χ0v) is 19.3. The van der Waals surface area contributed by atoms with Crippen molar-refractivity contribution in [2.75, 3.05) is 11.9 Å². The van der Waals surface area contributed by atoms with Gasteiger partial charge in [-0.3, -0.25) is 14.9 Å². The summed E-state index contributed by atoms with van der Waals surface area (Å²) in [7, 11) is 0. The molecule has 0 aliphatic rings. The molecule has 2 rings (SSSR count). The van der Waals surface area contributed by atoms with Gasteiger partial charge >= 0.3 is 0 Å². The number of benzene rings is 2. The maximum atomic E-state index is 12.7. The van der Waals surface area contributed by atoms with Gasteiger partial charge in [-0.2, -0.15) is 0 Å². The van der Waals surface area contributed by atoms with E-state index in [2.05, 4.69) is 29.8 Å². The standard InChI is InChI=1S/C24H31N3O3S/c1-5-17(4)25-22(28)18-10-12-19(13-11-18)26-24(31)27-23(29)20-8-6-7-9-21(20)30-15-14-16(2)3/h6-13,16-17H,5,14-15H2,1-4H3,(H,25,28)(H2,26,27,29,31). The molecule has 0 fully saturated rings. The van der Waals surface area contributed by atoms with Crippen LogP contribution in [0.15, 0.2) is 48.5 Å². The van der Waals surface area contributed by atoms with E-state index in [0.717, 1.165) is 12.8 Å². The highest BCUT2D eigenvalue weighted by Crippen LogP contribution is 2.19. The molecule has 2 amide bonds. The van der Waals surface area contributed by atoms with Crippen LogP contribution in [0.25, 0.3) is 0 Å². The first-order chi connectivity index (χ1) is 14.8. The van der Waals surface area contributed by atoms with Gasteiger partial charge in [-0.25, -0.2) is 0 Å². The van der Waals surface area contributed by atoms with Crippen LogP contribution in [0.5, 0.6) is 5.75 Å². The first-order valence-corrected chi connectivity index (χ1v) is 11.0. The second kappa shape index (κ2) is 12.1. The lowest BCUT2D eigenvalue weighted by molar-refractivity contribution is 0.0937. The summed E-state index contributed by atoms with van der Waals surface area (Å²) in [5.41, 5.74) is 1.66. The summed E-state index contributed by atoms with van der Waals surface area (Å²) in [6.45, 7) is 8.76. The van der Waals surface area contributed by atoms with Crippen LogP contribution in [0.2, 0.25) is 0 Å². The van der Waals surface area contributed by atoms with Crippen molar-refractivity contribution in [2.24, 2.45) is 5.92 Å². The van der Waals surface area contributed by atoms with E-state index < -0.39 is 0 Å². The van der Waals surface area contributed by atoms with E-state index in [1.54, 1.807) is 42.5 Å². The van der Waals surface area contributed by atoms with Gasteiger partial charge in [-0.05, 0) is 74.3 Å². The maximum absolute atomic E-state index is 12.7. The smallest absolute Gasteiger partial charge is 0.261 e. The van der Waals surface area contributed by atoms with Gasteiger partial charge in [0.15, 0.2) is 5.11 Å². The van der Waals surface area contributed by atoms with Crippen LogP contribution >= 0.6 is 12.2 Å². The first-order valence-electron chi connectivity index (χ1n) is 10.5. The number of carbonyl (C=O) groups is 2. The Morgan fingerprint density at radius 1 is 1.00 bits per heavy atom. The molecule has 0 spiro atoms. The fourth-order valence-electron chi connectivity index (χ4n) is 2.63. The zero-order valence-electron chi connectivity index (χ0n) is 18.5. The van der Waals surface area contributed by atoms with Crippen molar-refractivity contribution in [2.45, 2.75) is 46.6 Å². The molecule has 0 aromatic heterocycles. The third-order valence-corrected chi connectivity index (χ3v) is 4.91. The van der Waals surface area contributed by atoms with Gasteiger partial charge in [0, 0.05) is 17.3 Å². The Morgan fingerprint density at radius 3 is 2.32 bits per heavy atom. The first kappa shape index (κ1) is 24.3. The van der Waals surface area contributed by atoms with Crippen molar-refractivity contribution in [3.8, 4) is 5.75 Å². The SMILES string of the molecule is CCC(C)NC(=O)c1ccc(NC(=S)NC(=O)c2ccccc2OCCC(C)C)cc1. The molecule has 166 valence electrons. The summed E-state index contributed by atoms with van der Waals surface area (Å²) in [6.07, 6.45) is 1.77. The molecule has 0 bridgehead atoms. The van der Waals surface area contributed by atoms with E-state index >= 15 is 0 Å². The molecule has 1 atom stereocenters. The Balaban J connectivity index is 1.94. The van der Waals surface area contributed by atoms with Crippen molar-refractivity contribution in [1.29, 1.82) is 0 Å². The minimum Gasteiger partial charge on any atom is -0.493 e. The number of hydrogen-bond acceptors (Lipinski definition) is 4. The third-order valence-electron chi connectivity index (χ3n) is 4.71. The Morgan fingerprint density at radius 2 is 1.68 bits per heavy atom. The molecular formula is C24H31N3O3S. The summed E-state index contributed by atoms with van der Waals surface area (Å²) < 4.78 is 5.78. The molecule has 0 saturated heterocycles. The van der Waals surface area contributed by atoms with Gasteiger partial charge in [0.1, 0.15) is 5.75 Å². The monoisotopic (exact) mass is 441 g/mol. The Kier molecular flexibility index (Phi) is 9.46. The lowest BCUT2D eigenvalue weighted by Crippen LogP contribution is -2.34. The number of thiocarbonyl (C=S) groups is 1. The molecular weight excluding hydrogens is 410 g/mol. The number of amides is 2. The zero-order chi connectivity index (χ0) is 22.8. The number of hydrogen-bond donors (Lipinski definition) is 3. The minimum absolute atomic E-state index is 0.116. The van der Waals surface area contributed by atoms with E-state index in [1.165, 1.54) is 0 Å². The van der Waals surface area contributed by atoms with Gasteiger partial charge in [-0.1, -0.05) is 32.9 Å². The highest BCUT2D eigenvalue weighted by atomic mass is 32.1. The largest absolute Gasteiger partial charge is 0.493 e. The van der Waals surface area contributed by atoms with Gasteiger partial charge in [0.05, 0.1) is 12.2 Å². The van der Waals surface area contributed by atoms with E-state index in [0.29, 0.717) is 35.1 Å². The molecule has 0 radical (unpaired) electrons. The van der Waals surface area contributed by atoms with E-state index in [9.17, 15) is 9.59 Å². The van der Waals surface area contributed by atoms with Crippen LogP contribution in [-0.2, 0) is 0 Å². The second-order valence-corrected chi connectivity index (χ2v) is 8.20. The molecule has 0 saturated carbocycles. The Hall–Kier alpha value is -2.93. The van der Waals surface area contributed by atoms with Crippen LogP contribution in [0.1, 0.15) is 61.3 Å². The number of para-hydroxylation sites is 1. The predicted molar refractivity (Wildman–Crippen MR) is 129 cm³/mol. The van der Waals surface area contributed by atoms with Crippen LogP contribution in [0.3, 0.4) is 0 Å². The summed E-state index contributed by atoms with van der Waals surface area (Å²) in [5, 5.41) is 8.73. The van der Waals surface area contributed by atoms with Crippen LogP contribution < -0.4 is 20.7 Å².